The molecular weight excluding hydrogens is 328 g/mol. The van der Waals surface area contributed by atoms with E-state index in [-0.39, 0.29) is 18.2 Å². The van der Waals surface area contributed by atoms with Gasteiger partial charge in [0.1, 0.15) is 0 Å². The molecule has 2 amide bonds. The van der Waals surface area contributed by atoms with Crippen molar-refractivity contribution >= 4 is 44.2 Å². The van der Waals surface area contributed by atoms with E-state index in [0.29, 0.717) is 5.13 Å². The van der Waals surface area contributed by atoms with Gasteiger partial charge in [0.15, 0.2) is 5.13 Å². The molecule has 1 saturated heterocycles. The summed E-state index contributed by atoms with van der Waals surface area (Å²) in [4.78, 5) is 29.7. The highest BCUT2D eigenvalue weighted by atomic mass is 79.9. The predicted molar refractivity (Wildman–Crippen MR) is 76.1 cm³/mol. The molecule has 1 aromatic heterocycles. The lowest BCUT2D eigenvalue weighted by Crippen LogP contribution is -2.29. The zero-order valence-corrected chi connectivity index (χ0v) is 12.1. The summed E-state index contributed by atoms with van der Waals surface area (Å²) in [5.74, 6) is -0.782. The molecule has 3 rings (SSSR count). The molecule has 2 heterocycles. The first-order valence-corrected chi connectivity index (χ1v) is 7.31. The maximum atomic E-state index is 12.4. The number of nitrogens with zero attached hydrogens (tertiary/aromatic N) is 2. The number of imide groups is 1. The zero-order valence-electron chi connectivity index (χ0n) is 9.75. The summed E-state index contributed by atoms with van der Waals surface area (Å²) < 4.78 is 0.797. The first-order chi connectivity index (χ1) is 9.16. The van der Waals surface area contributed by atoms with Gasteiger partial charge in [0.25, 0.3) is 0 Å². The highest BCUT2D eigenvalue weighted by Gasteiger charge is 2.41. The Labute approximate surface area is 122 Å². The third-order valence-electron chi connectivity index (χ3n) is 3.01. The molecule has 1 aromatic carbocycles. The minimum atomic E-state index is -0.392. The number of amides is 2. The van der Waals surface area contributed by atoms with Gasteiger partial charge in [-0.15, -0.1) is 0 Å². The Bertz CT molecular complexity index is 641. The Hall–Kier alpha value is -1.53. The van der Waals surface area contributed by atoms with Crippen LogP contribution in [0.25, 0.3) is 0 Å². The van der Waals surface area contributed by atoms with Gasteiger partial charge in [0, 0.05) is 6.42 Å². The van der Waals surface area contributed by atoms with E-state index in [9.17, 15) is 9.59 Å². The Morgan fingerprint density at radius 3 is 2.63 bits per heavy atom. The van der Waals surface area contributed by atoms with Crippen molar-refractivity contribution in [1.29, 1.82) is 0 Å². The molecule has 0 N–H and O–H groups in total. The van der Waals surface area contributed by atoms with E-state index in [1.54, 1.807) is 6.20 Å². The lowest BCUT2D eigenvalue weighted by Gasteiger charge is -2.11. The van der Waals surface area contributed by atoms with Crippen molar-refractivity contribution in [3.05, 3.63) is 45.9 Å². The zero-order chi connectivity index (χ0) is 13.4. The number of thiazole rings is 1. The van der Waals surface area contributed by atoms with E-state index in [1.807, 2.05) is 30.3 Å². The molecule has 1 atom stereocenters. The van der Waals surface area contributed by atoms with E-state index in [0.717, 1.165) is 9.35 Å². The van der Waals surface area contributed by atoms with E-state index in [4.69, 9.17) is 0 Å². The monoisotopic (exact) mass is 336 g/mol. The number of carbonyl (C=O) groups excluding carboxylic acids is 2. The van der Waals surface area contributed by atoms with Gasteiger partial charge >= 0.3 is 0 Å². The number of hydrogen-bond acceptors (Lipinski definition) is 4. The maximum absolute atomic E-state index is 12.4. The van der Waals surface area contributed by atoms with Crippen molar-refractivity contribution < 1.29 is 9.59 Å². The summed E-state index contributed by atoms with van der Waals surface area (Å²) in [5.41, 5.74) is 0.874. The van der Waals surface area contributed by atoms with E-state index in [1.165, 1.54) is 16.2 Å². The number of carbonyl (C=O) groups is 2. The second kappa shape index (κ2) is 4.86. The van der Waals surface area contributed by atoms with Crippen LogP contribution in [0.2, 0.25) is 0 Å². The van der Waals surface area contributed by atoms with Gasteiger partial charge < -0.3 is 0 Å². The molecule has 1 fully saturated rings. The van der Waals surface area contributed by atoms with Crippen LogP contribution in [0.4, 0.5) is 5.13 Å². The molecule has 6 heteroatoms. The lowest BCUT2D eigenvalue weighted by molar-refractivity contribution is -0.121. The molecule has 0 bridgehead atoms. The van der Waals surface area contributed by atoms with Crippen LogP contribution < -0.4 is 4.90 Å². The average molecular weight is 337 g/mol. The van der Waals surface area contributed by atoms with E-state index < -0.39 is 5.92 Å². The molecule has 4 nitrogen and oxygen atoms in total. The Morgan fingerprint density at radius 2 is 2.00 bits per heavy atom. The predicted octanol–water partition coefficient (Wildman–Crippen LogP) is 2.95. The van der Waals surface area contributed by atoms with Gasteiger partial charge in [-0.3, -0.25) is 9.59 Å². The number of benzene rings is 1. The fourth-order valence-electron chi connectivity index (χ4n) is 2.13. The molecule has 0 spiro atoms. The van der Waals surface area contributed by atoms with Crippen LogP contribution in [-0.2, 0) is 9.59 Å². The molecule has 1 aliphatic heterocycles. The Kier molecular flexibility index (Phi) is 3.20. The highest BCUT2D eigenvalue weighted by Crippen LogP contribution is 2.35. The molecule has 1 aliphatic rings. The van der Waals surface area contributed by atoms with Crippen LogP contribution in [0.5, 0.6) is 0 Å². The van der Waals surface area contributed by atoms with Crippen LogP contribution in [0.15, 0.2) is 40.3 Å². The fraction of sp³-hybridized carbons (Fsp3) is 0.154. The third-order valence-corrected chi connectivity index (χ3v) is 4.47. The minimum Gasteiger partial charge on any atom is -0.274 e. The summed E-state index contributed by atoms with van der Waals surface area (Å²) in [6.45, 7) is 0. The summed E-state index contributed by atoms with van der Waals surface area (Å²) in [6, 6.07) is 9.38. The number of anilines is 1. The lowest BCUT2D eigenvalue weighted by atomic mass is 9.98. The molecule has 0 radical (unpaired) electrons. The van der Waals surface area contributed by atoms with E-state index >= 15 is 0 Å². The molecule has 96 valence electrons. The molecule has 0 saturated carbocycles. The summed E-state index contributed by atoms with van der Waals surface area (Å²) in [5, 5.41) is 0.431. The fourth-order valence-corrected chi connectivity index (χ4v) is 3.33. The number of aromatic nitrogens is 1. The van der Waals surface area contributed by atoms with Crippen molar-refractivity contribution in [3.8, 4) is 0 Å². The van der Waals surface area contributed by atoms with Gasteiger partial charge in [-0.1, -0.05) is 41.7 Å². The second-order valence-corrected chi connectivity index (χ2v) is 6.57. The molecular formula is C13H9BrN2O2S. The van der Waals surface area contributed by atoms with Gasteiger partial charge in [-0.05, 0) is 21.5 Å². The Morgan fingerprint density at radius 1 is 1.26 bits per heavy atom. The van der Waals surface area contributed by atoms with E-state index in [2.05, 4.69) is 20.9 Å². The van der Waals surface area contributed by atoms with Crippen LogP contribution in [0.1, 0.15) is 17.9 Å². The van der Waals surface area contributed by atoms with Crippen molar-refractivity contribution in [2.45, 2.75) is 12.3 Å². The SMILES string of the molecule is O=C1CC(c2ccccc2)C(=O)N1c1ncc(Br)s1. The molecule has 2 aromatic rings. The normalized spacial score (nSPS) is 19.2. The number of halogens is 1. The van der Waals surface area contributed by atoms with Crippen molar-refractivity contribution in [3.63, 3.8) is 0 Å². The quantitative estimate of drug-likeness (QED) is 0.792. The Balaban J connectivity index is 1.94. The number of hydrogen-bond donors (Lipinski definition) is 0. The third kappa shape index (κ3) is 2.21. The van der Waals surface area contributed by atoms with Crippen LogP contribution in [-0.4, -0.2) is 16.8 Å². The molecule has 19 heavy (non-hydrogen) atoms. The minimum absolute atomic E-state index is 0.194. The van der Waals surface area contributed by atoms with Crippen molar-refractivity contribution in [1.82, 2.24) is 4.98 Å². The van der Waals surface area contributed by atoms with Crippen LogP contribution in [0.3, 0.4) is 0 Å². The van der Waals surface area contributed by atoms with Gasteiger partial charge in [0.05, 0.1) is 15.9 Å². The van der Waals surface area contributed by atoms with Gasteiger partial charge in [-0.2, -0.15) is 0 Å². The standard InChI is InChI=1S/C13H9BrN2O2S/c14-10-7-15-13(19-10)16-11(17)6-9(12(16)18)8-4-2-1-3-5-8/h1-5,7,9H,6H2. The molecule has 1 unspecified atom stereocenters. The maximum Gasteiger partial charge on any atom is 0.243 e. The van der Waals surface area contributed by atoms with Crippen LogP contribution in [0, 0.1) is 0 Å². The first kappa shape index (κ1) is 12.5. The van der Waals surface area contributed by atoms with Gasteiger partial charge in [0.2, 0.25) is 11.8 Å². The highest BCUT2D eigenvalue weighted by molar-refractivity contribution is 9.11. The second-order valence-electron chi connectivity index (χ2n) is 4.18. The summed E-state index contributed by atoms with van der Waals surface area (Å²) in [6.07, 6.45) is 1.80. The number of rotatable bonds is 2. The summed E-state index contributed by atoms with van der Waals surface area (Å²) in [7, 11) is 0. The summed E-state index contributed by atoms with van der Waals surface area (Å²) >= 11 is 4.57. The van der Waals surface area contributed by atoms with Crippen molar-refractivity contribution in [2.24, 2.45) is 0 Å². The average Bonchev–Trinajstić information content (AvgIpc) is 2.95. The smallest absolute Gasteiger partial charge is 0.243 e. The van der Waals surface area contributed by atoms with Gasteiger partial charge in [-0.25, -0.2) is 9.88 Å². The first-order valence-electron chi connectivity index (χ1n) is 5.70. The molecule has 0 aliphatic carbocycles. The topological polar surface area (TPSA) is 50.3 Å². The van der Waals surface area contributed by atoms with Crippen LogP contribution >= 0.6 is 27.3 Å². The van der Waals surface area contributed by atoms with Crippen molar-refractivity contribution in [2.75, 3.05) is 4.90 Å². The largest absolute Gasteiger partial charge is 0.274 e.